The number of carbonyl (C=O) groups excluding carboxylic acids is 2. The first kappa shape index (κ1) is 15.6. The van der Waals surface area contributed by atoms with Gasteiger partial charge in [0.1, 0.15) is 17.4 Å². The van der Waals surface area contributed by atoms with Gasteiger partial charge in [0.05, 0.1) is 16.7 Å². The summed E-state index contributed by atoms with van der Waals surface area (Å²) in [5.41, 5.74) is 0.701. The lowest BCUT2D eigenvalue weighted by Gasteiger charge is -2.15. The van der Waals surface area contributed by atoms with Gasteiger partial charge in [0.2, 0.25) is 5.91 Å². The van der Waals surface area contributed by atoms with Gasteiger partial charge in [0, 0.05) is 0 Å². The molecule has 0 atom stereocenters. The molecule has 2 aromatic rings. The van der Waals surface area contributed by atoms with E-state index >= 15 is 0 Å². The Hall–Kier alpha value is -2.80. The molecule has 1 heterocycles. The van der Waals surface area contributed by atoms with Gasteiger partial charge >= 0.3 is 0 Å². The van der Waals surface area contributed by atoms with Crippen LogP contribution in [0.3, 0.4) is 0 Å². The van der Waals surface area contributed by atoms with Crippen LogP contribution in [-0.4, -0.2) is 23.7 Å². The van der Waals surface area contributed by atoms with Gasteiger partial charge in [-0.15, -0.1) is 4.91 Å². The lowest BCUT2D eigenvalue weighted by Crippen LogP contribution is -2.29. The summed E-state index contributed by atoms with van der Waals surface area (Å²) in [6, 6.07) is 11.4. The first-order valence-electron chi connectivity index (χ1n) is 6.21. The molecule has 7 nitrogen and oxygen atoms in total. The van der Waals surface area contributed by atoms with Crippen LogP contribution in [0.1, 0.15) is 10.5 Å². The molecule has 0 spiro atoms. The molecule has 1 aromatic heterocycles. The Balaban J connectivity index is 2.09. The number of rotatable bonds is 6. The van der Waals surface area contributed by atoms with E-state index in [-0.39, 0.29) is 23.1 Å². The molecule has 0 bridgehead atoms. The Morgan fingerprint density at radius 3 is 2.64 bits per heavy atom. The van der Waals surface area contributed by atoms with Gasteiger partial charge in [0.15, 0.2) is 6.29 Å². The highest BCUT2D eigenvalue weighted by Crippen LogP contribution is 2.16. The molecule has 0 saturated carbocycles. The maximum Gasteiger partial charge on any atom is 0.246 e. The lowest BCUT2D eigenvalue weighted by atomic mass is 10.3. The molecule has 0 radical (unpaired) electrons. The van der Waals surface area contributed by atoms with E-state index in [1.807, 2.05) is 0 Å². The summed E-state index contributed by atoms with van der Waals surface area (Å²) in [6.45, 7) is -0.297. The topological polar surface area (TPSA) is 91.7 Å². The summed E-state index contributed by atoms with van der Waals surface area (Å²) in [6.07, 6.45) is 0.481. The van der Waals surface area contributed by atoms with E-state index in [0.29, 0.717) is 12.0 Å². The van der Waals surface area contributed by atoms with Crippen molar-refractivity contribution in [3.05, 3.63) is 58.2 Å². The maximum atomic E-state index is 12.0. The van der Waals surface area contributed by atoms with Crippen LogP contribution in [0.15, 0.2) is 47.8 Å². The Bertz CT molecular complexity index is 694. The number of carbonyl (C=O) groups is 2. The number of para-hydroxylation sites is 1. The lowest BCUT2D eigenvalue weighted by molar-refractivity contribution is -0.115. The van der Waals surface area contributed by atoms with E-state index in [2.05, 4.69) is 15.6 Å². The van der Waals surface area contributed by atoms with Gasteiger partial charge in [-0.25, -0.2) is 9.99 Å². The second kappa shape index (κ2) is 7.28. The van der Waals surface area contributed by atoms with Crippen molar-refractivity contribution >= 4 is 35.2 Å². The molecule has 0 aliphatic carbocycles. The Morgan fingerprint density at radius 1 is 1.27 bits per heavy atom. The largest absolute Gasteiger partial charge is 0.322 e. The summed E-state index contributed by atoms with van der Waals surface area (Å²) < 4.78 is 0. The number of anilines is 2. The second-order valence-corrected chi connectivity index (χ2v) is 4.59. The molecular weight excluding hydrogens is 308 g/mol. The predicted molar refractivity (Wildman–Crippen MR) is 82.8 cm³/mol. The zero-order valence-electron chi connectivity index (χ0n) is 11.3. The molecular formula is C14H11ClN4O3. The minimum Gasteiger partial charge on any atom is -0.322 e. The van der Waals surface area contributed by atoms with Gasteiger partial charge in [-0.2, -0.15) is 0 Å². The number of halogens is 1. The van der Waals surface area contributed by atoms with Gasteiger partial charge in [-0.05, 0) is 24.3 Å². The number of nitroso groups, excluding NO2 is 1. The van der Waals surface area contributed by atoms with E-state index in [4.69, 9.17) is 11.6 Å². The number of nitrogens with one attached hydrogen (secondary N) is 1. The van der Waals surface area contributed by atoms with Gasteiger partial charge in [0.25, 0.3) is 0 Å². The van der Waals surface area contributed by atoms with E-state index in [1.165, 1.54) is 12.1 Å². The number of hydrogen-bond donors (Lipinski definition) is 1. The number of aromatic nitrogens is 1. The van der Waals surface area contributed by atoms with Crippen LogP contribution in [-0.2, 0) is 4.79 Å². The van der Waals surface area contributed by atoms with Gasteiger partial charge < -0.3 is 5.32 Å². The van der Waals surface area contributed by atoms with Crippen LogP contribution < -0.4 is 10.3 Å². The van der Waals surface area contributed by atoms with Crippen molar-refractivity contribution in [2.75, 3.05) is 16.9 Å². The summed E-state index contributed by atoms with van der Waals surface area (Å²) in [4.78, 5) is 37.5. The number of amides is 1. The summed E-state index contributed by atoms with van der Waals surface area (Å²) in [5.74, 6) is -0.518. The molecule has 0 saturated heterocycles. The molecule has 1 aromatic carbocycles. The third-order valence-electron chi connectivity index (χ3n) is 2.72. The highest BCUT2D eigenvalue weighted by molar-refractivity contribution is 6.29. The quantitative estimate of drug-likeness (QED) is 0.382. The van der Waals surface area contributed by atoms with Crippen molar-refractivity contribution in [1.82, 2.24) is 4.98 Å². The molecule has 0 aliphatic rings. The molecule has 0 unspecified atom stereocenters. The van der Waals surface area contributed by atoms with E-state index in [9.17, 15) is 14.5 Å². The monoisotopic (exact) mass is 318 g/mol. The van der Waals surface area contributed by atoms with Crippen molar-refractivity contribution in [2.24, 2.45) is 5.29 Å². The van der Waals surface area contributed by atoms with Crippen LogP contribution in [0, 0.1) is 4.91 Å². The van der Waals surface area contributed by atoms with Crippen LogP contribution >= 0.6 is 11.6 Å². The van der Waals surface area contributed by atoms with Crippen LogP contribution in [0.5, 0.6) is 0 Å². The van der Waals surface area contributed by atoms with Crippen LogP contribution in [0.4, 0.5) is 11.4 Å². The number of benzene rings is 1. The third-order valence-corrected chi connectivity index (χ3v) is 2.93. The fourth-order valence-corrected chi connectivity index (χ4v) is 1.89. The van der Waals surface area contributed by atoms with E-state index < -0.39 is 5.91 Å². The van der Waals surface area contributed by atoms with Crippen LogP contribution in [0.2, 0.25) is 5.15 Å². The number of hydrogen-bond acceptors (Lipinski definition) is 5. The van der Waals surface area contributed by atoms with Crippen molar-refractivity contribution < 1.29 is 9.59 Å². The van der Waals surface area contributed by atoms with Crippen molar-refractivity contribution in [2.45, 2.75) is 0 Å². The molecule has 2 rings (SSSR count). The molecule has 0 aliphatic heterocycles. The minimum absolute atomic E-state index is 0.00572. The fraction of sp³-hybridized carbons (Fsp3) is 0.0714. The van der Waals surface area contributed by atoms with Crippen molar-refractivity contribution in [1.29, 1.82) is 0 Å². The molecule has 1 N–H and O–H groups in total. The van der Waals surface area contributed by atoms with Gasteiger partial charge in [-0.3, -0.25) is 9.59 Å². The van der Waals surface area contributed by atoms with Gasteiger partial charge in [-0.1, -0.05) is 29.8 Å². The fourth-order valence-electron chi connectivity index (χ4n) is 1.74. The van der Waals surface area contributed by atoms with Crippen molar-refractivity contribution in [3.8, 4) is 0 Å². The summed E-state index contributed by atoms with van der Waals surface area (Å²) in [7, 11) is 0. The zero-order chi connectivity index (χ0) is 15.9. The Kier molecular flexibility index (Phi) is 5.16. The first-order chi connectivity index (χ1) is 10.6. The third kappa shape index (κ3) is 3.86. The minimum atomic E-state index is -0.518. The zero-order valence-corrected chi connectivity index (χ0v) is 12.0. The molecule has 0 fully saturated rings. The average Bonchev–Trinajstić information content (AvgIpc) is 2.55. The standard InChI is InChI=1S/C14H11ClN4O3/c15-13-7-6-11(12(9-20)16-13)17-14(21)8-19(18-22)10-4-2-1-3-5-10/h1-7,9H,8H2,(H,17,21). The predicted octanol–water partition coefficient (Wildman–Crippen LogP) is 2.67. The first-order valence-corrected chi connectivity index (χ1v) is 6.59. The number of pyridine rings is 1. The number of aldehydes is 1. The smallest absolute Gasteiger partial charge is 0.246 e. The van der Waals surface area contributed by atoms with Crippen LogP contribution in [0.25, 0.3) is 0 Å². The maximum absolute atomic E-state index is 12.0. The Morgan fingerprint density at radius 2 is 2.00 bits per heavy atom. The molecule has 8 heteroatoms. The number of nitrogens with zero attached hydrogens (tertiary/aromatic N) is 3. The van der Waals surface area contributed by atoms with Crippen molar-refractivity contribution in [3.63, 3.8) is 0 Å². The molecule has 1 amide bonds. The Labute approximate surface area is 130 Å². The van der Waals surface area contributed by atoms with E-state index in [0.717, 1.165) is 5.01 Å². The average molecular weight is 319 g/mol. The highest BCUT2D eigenvalue weighted by atomic mass is 35.5. The molecule has 112 valence electrons. The highest BCUT2D eigenvalue weighted by Gasteiger charge is 2.14. The molecule has 22 heavy (non-hydrogen) atoms. The SMILES string of the molecule is O=Cc1nc(Cl)ccc1NC(=O)CN(N=O)c1ccccc1. The second-order valence-electron chi connectivity index (χ2n) is 4.21. The summed E-state index contributed by atoms with van der Waals surface area (Å²) in [5, 5.41) is 6.44. The van der Waals surface area contributed by atoms with E-state index in [1.54, 1.807) is 30.3 Å². The summed E-state index contributed by atoms with van der Waals surface area (Å²) >= 11 is 5.67. The normalized spacial score (nSPS) is 9.86.